The van der Waals surface area contributed by atoms with Gasteiger partial charge in [-0.1, -0.05) is 18.2 Å². The molecule has 0 saturated carbocycles. The molecule has 0 bridgehead atoms. The predicted molar refractivity (Wildman–Crippen MR) is 85.9 cm³/mol. The van der Waals surface area contributed by atoms with Crippen molar-refractivity contribution in [2.24, 2.45) is 13.0 Å². The summed E-state index contributed by atoms with van der Waals surface area (Å²) in [5.74, 6) is 0.724. The minimum absolute atomic E-state index is 0.0755. The van der Waals surface area contributed by atoms with Crippen LogP contribution in [0, 0.1) is 5.92 Å². The number of benzene rings is 1. The fraction of sp³-hybridized carbons (Fsp3) is 0.471. The number of fused-ring (bicyclic) bond motifs is 2. The van der Waals surface area contributed by atoms with E-state index in [0.29, 0.717) is 6.04 Å². The molecule has 2 aromatic rings. The van der Waals surface area contributed by atoms with E-state index in [0.717, 1.165) is 36.8 Å². The van der Waals surface area contributed by atoms with E-state index in [4.69, 9.17) is 0 Å². The van der Waals surface area contributed by atoms with Gasteiger partial charge in [0.05, 0.1) is 11.2 Å². The molecule has 0 aliphatic carbocycles. The molecule has 1 aromatic heterocycles. The number of pyridine rings is 1. The number of anilines is 1. The maximum absolute atomic E-state index is 12.2. The van der Waals surface area contributed by atoms with Gasteiger partial charge in [-0.2, -0.15) is 0 Å². The van der Waals surface area contributed by atoms with Crippen LogP contribution in [0.4, 0.5) is 5.69 Å². The Labute approximate surface area is 124 Å². The molecule has 0 spiro atoms. The van der Waals surface area contributed by atoms with Gasteiger partial charge in [-0.3, -0.25) is 4.79 Å². The third kappa shape index (κ3) is 2.05. The summed E-state index contributed by atoms with van der Waals surface area (Å²) in [6.45, 7) is 3.21. The fourth-order valence-corrected chi connectivity index (χ4v) is 3.90. The molecule has 1 N–H and O–H groups in total. The first-order chi connectivity index (χ1) is 10.2. The summed E-state index contributed by atoms with van der Waals surface area (Å²) >= 11 is 0. The van der Waals surface area contributed by atoms with Crippen molar-refractivity contribution in [1.82, 2.24) is 9.88 Å². The lowest BCUT2D eigenvalue weighted by Crippen LogP contribution is -2.40. The molecule has 2 aliphatic heterocycles. The average molecular weight is 283 g/mol. The van der Waals surface area contributed by atoms with Crippen LogP contribution in [0.5, 0.6) is 0 Å². The number of nitrogens with zero attached hydrogens (tertiary/aromatic N) is 2. The van der Waals surface area contributed by atoms with Crippen LogP contribution in [0.15, 0.2) is 35.1 Å². The second kappa shape index (κ2) is 4.88. The van der Waals surface area contributed by atoms with Gasteiger partial charge in [-0.05, 0) is 31.4 Å². The standard InChI is InChI=1S/C17H21N3O/c1-19-15-7-3-2-6-13(15)16(9-17(19)21)20-10-12-5-4-8-18-14(12)11-20/h2-3,6-7,9,12,14,18H,4-5,8,10-11H2,1H3/t12-,14+/m0/s1. The van der Waals surface area contributed by atoms with Gasteiger partial charge in [0.1, 0.15) is 0 Å². The highest BCUT2D eigenvalue weighted by Crippen LogP contribution is 2.32. The molecule has 2 atom stereocenters. The number of hydrogen-bond donors (Lipinski definition) is 1. The van der Waals surface area contributed by atoms with E-state index in [1.807, 2.05) is 19.2 Å². The maximum atomic E-state index is 12.2. The summed E-state index contributed by atoms with van der Waals surface area (Å²) < 4.78 is 1.74. The number of piperidine rings is 1. The molecule has 21 heavy (non-hydrogen) atoms. The van der Waals surface area contributed by atoms with Crippen molar-refractivity contribution in [3.8, 4) is 0 Å². The van der Waals surface area contributed by atoms with Gasteiger partial charge >= 0.3 is 0 Å². The summed E-state index contributed by atoms with van der Waals surface area (Å²) in [6, 6.07) is 10.6. The molecule has 4 rings (SSSR count). The molecular weight excluding hydrogens is 262 g/mol. The van der Waals surface area contributed by atoms with Crippen LogP contribution < -0.4 is 15.8 Å². The van der Waals surface area contributed by atoms with Crippen LogP contribution in [-0.4, -0.2) is 30.2 Å². The number of rotatable bonds is 1. The van der Waals surface area contributed by atoms with Crippen molar-refractivity contribution < 1.29 is 0 Å². The first-order valence-corrected chi connectivity index (χ1v) is 7.81. The molecule has 4 nitrogen and oxygen atoms in total. The largest absolute Gasteiger partial charge is 0.369 e. The van der Waals surface area contributed by atoms with Crippen LogP contribution in [-0.2, 0) is 7.05 Å². The van der Waals surface area contributed by atoms with Crippen molar-refractivity contribution in [2.45, 2.75) is 18.9 Å². The Balaban J connectivity index is 1.80. The second-order valence-corrected chi connectivity index (χ2v) is 6.31. The van der Waals surface area contributed by atoms with Crippen molar-refractivity contribution in [1.29, 1.82) is 0 Å². The van der Waals surface area contributed by atoms with Crippen LogP contribution >= 0.6 is 0 Å². The van der Waals surface area contributed by atoms with E-state index in [2.05, 4.69) is 22.3 Å². The Bertz CT molecular complexity index is 722. The topological polar surface area (TPSA) is 37.3 Å². The van der Waals surface area contributed by atoms with E-state index in [-0.39, 0.29) is 5.56 Å². The Kier molecular flexibility index (Phi) is 3.00. The van der Waals surface area contributed by atoms with E-state index < -0.39 is 0 Å². The van der Waals surface area contributed by atoms with Crippen molar-refractivity contribution in [3.05, 3.63) is 40.7 Å². The summed E-state index contributed by atoms with van der Waals surface area (Å²) in [7, 11) is 1.85. The van der Waals surface area contributed by atoms with Gasteiger partial charge in [-0.25, -0.2) is 0 Å². The third-order valence-electron chi connectivity index (χ3n) is 5.07. The Hall–Kier alpha value is -1.81. The van der Waals surface area contributed by atoms with E-state index in [1.165, 1.54) is 18.2 Å². The Morgan fingerprint density at radius 2 is 2.10 bits per heavy atom. The van der Waals surface area contributed by atoms with Gasteiger partial charge in [0.15, 0.2) is 0 Å². The predicted octanol–water partition coefficient (Wildman–Crippen LogP) is 1.73. The summed E-state index contributed by atoms with van der Waals surface area (Å²) in [5, 5.41) is 4.81. The normalized spacial score (nSPS) is 25.3. The first-order valence-electron chi connectivity index (χ1n) is 7.81. The molecular formula is C17H21N3O. The molecule has 2 fully saturated rings. The van der Waals surface area contributed by atoms with Crippen LogP contribution in [0.2, 0.25) is 0 Å². The lowest BCUT2D eigenvalue weighted by atomic mass is 9.94. The SMILES string of the molecule is Cn1c(=O)cc(N2C[C@@H]3CCCN[C@@H]3C2)c2ccccc21. The highest BCUT2D eigenvalue weighted by atomic mass is 16.1. The lowest BCUT2D eigenvalue weighted by molar-refractivity contribution is 0.340. The first kappa shape index (κ1) is 12.9. The number of aryl methyl sites for hydroxylation is 1. The van der Waals surface area contributed by atoms with Crippen LogP contribution in [0.25, 0.3) is 10.9 Å². The van der Waals surface area contributed by atoms with Crippen LogP contribution in [0.1, 0.15) is 12.8 Å². The van der Waals surface area contributed by atoms with E-state index in [9.17, 15) is 4.79 Å². The van der Waals surface area contributed by atoms with E-state index in [1.54, 1.807) is 10.6 Å². The Morgan fingerprint density at radius 1 is 1.24 bits per heavy atom. The average Bonchev–Trinajstić information content (AvgIpc) is 2.94. The minimum Gasteiger partial charge on any atom is -0.369 e. The molecule has 1 aromatic carbocycles. The molecule has 0 amide bonds. The monoisotopic (exact) mass is 283 g/mol. The van der Waals surface area contributed by atoms with Gasteiger partial charge in [-0.15, -0.1) is 0 Å². The highest BCUT2D eigenvalue weighted by Gasteiger charge is 2.34. The molecule has 0 radical (unpaired) electrons. The van der Waals surface area contributed by atoms with Gasteiger partial charge < -0.3 is 14.8 Å². The molecule has 3 heterocycles. The third-order valence-corrected chi connectivity index (χ3v) is 5.07. The maximum Gasteiger partial charge on any atom is 0.252 e. The van der Waals surface area contributed by atoms with Gasteiger partial charge in [0.25, 0.3) is 5.56 Å². The van der Waals surface area contributed by atoms with Crippen molar-refractivity contribution >= 4 is 16.6 Å². The summed E-state index contributed by atoms with van der Waals surface area (Å²) in [4.78, 5) is 14.6. The number of hydrogen-bond acceptors (Lipinski definition) is 3. The van der Waals surface area contributed by atoms with E-state index >= 15 is 0 Å². The van der Waals surface area contributed by atoms with Crippen LogP contribution in [0.3, 0.4) is 0 Å². The smallest absolute Gasteiger partial charge is 0.252 e. The summed E-state index contributed by atoms with van der Waals surface area (Å²) in [6.07, 6.45) is 2.57. The molecule has 110 valence electrons. The molecule has 4 heteroatoms. The number of para-hydroxylation sites is 1. The van der Waals surface area contributed by atoms with Gasteiger partial charge in [0.2, 0.25) is 0 Å². The zero-order valence-electron chi connectivity index (χ0n) is 12.4. The quantitative estimate of drug-likeness (QED) is 0.866. The fourth-order valence-electron chi connectivity index (χ4n) is 3.90. The second-order valence-electron chi connectivity index (χ2n) is 6.31. The number of nitrogens with one attached hydrogen (secondary N) is 1. The zero-order chi connectivity index (χ0) is 14.4. The van der Waals surface area contributed by atoms with Gasteiger partial charge in [0, 0.05) is 37.6 Å². The van der Waals surface area contributed by atoms with Crippen molar-refractivity contribution in [2.75, 3.05) is 24.5 Å². The number of aromatic nitrogens is 1. The molecule has 0 unspecified atom stereocenters. The Morgan fingerprint density at radius 3 is 2.95 bits per heavy atom. The summed E-state index contributed by atoms with van der Waals surface area (Å²) in [5.41, 5.74) is 2.19. The molecule has 2 aliphatic rings. The molecule has 2 saturated heterocycles. The lowest BCUT2D eigenvalue weighted by Gasteiger charge is -2.24. The minimum atomic E-state index is 0.0755. The van der Waals surface area contributed by atoms with Crippen molar-refractivity contribution in [3.63, 3.8) is 0 Å². The highest BCUT2D eigenvalue weighted by molar-refractivity contribution is 5.92. The zero-order valence-corrected chi connectivity index (χ0v) is 12.4.